The van der Waals surface area contributed by atoms with E-state index < -0.39 is 29.5 Å². The molecule has 2 amide bonds. The Bertz CT molecular complexity index is 846. The first kappa shape index (κ1) is 18.1. The lowest BCUT2D eigenvalue weighted by atomic mass is 10.00. The quantitative estimate of drug-likeness (QED) is 0.834. The normalized spacial score (nSPS) is 11.4. The number of halogens is 2. The number of nitriles is 1. The van der Waals surface area contributed by atoms with E-state index in [0.717, 1.165) is 12.1 Å². The predicted octanol–water partition coefficient (Wildman–Crippen LogP) is 1.59. The van der Waals surface area contributed by atoms with Crippen molar-refractivity contribution in [2.75, 3.05) is 0 Å². The van der Waals surface area contributed by atoms with Gasteiger partial charge >= 0.3 is 0 Å². The van der Waals surface area contributed by atoms with E-state index >= 15 is 0 Å². The van der Waals surface area contributed by atoms with Crippen LogP contribution in [-0.4, -0.2) is 17.9 Å². The van der Waals surface area contributed by atoms with Gasteiger partial charge in [0.1, 0.15) is 17.7 Å². The van der Waals surface area contributed by atoms with Gasteiger partial charge < -0.3 is 11.1 Å². The third kappa shape index (κ3) is 4.85. The molecule has 0 radical (unpaired) electrons. The highest BCUT2D eigenvalue weighted by atomic mass is 19.1. The lowest BCUT2D eigenvalue weighted by molar-refractivity contribution is -0.127. The number of carbonyl (C=O) groups excluding carboxylic acids is 2. The van der Waals surface area contributed by atoms with Gasteiger partial charge in [0.2, 0.25) is 11.8 Å². The summed E-state index contributed by atoms with van der Waals surface area (Å²) in [6, 6.07) is 10.4. The highest BCUT2D eigenvalue weighted by Crippen LogP contribution is 2.12. The van der Waals surface area contributed by atoms with Gasteiger partial charge in [-0.3, -0.25) is 9.59 Å². The van der Waals surface area contributed by atoms with Gasteiger partial charge in [-0.05, 0) is 23.3 Å². The molecule has 2 aromatic rings. The molecular weight excluding hydrogens is 328 g/mol. The zero-order valence-corrected chi connectivity index (χ0v) is 13.1. The number of benzene rings is 2. The summed E-state index contributed by atoms with van der Waals surface area (Å²) in [4.78, 5) is 23.7. The number of nitrogens with two attached hydrogens (primary N) is 1. The molecule has 0 aliphatic heterocycles. The van der Waals surface area contributed by atoms with Crippen LogP contribution >= 0.6 is 0 Å². The summed E-state index contributed by atoms with van der Waals surface area (Å²) in [5.41, 5.74) is 6.23. The Hall–Kier alpha value is -3.27. The Morgan fingerprint density at radius 1 is 1.16 bits per heavy atom. The number of hydrogen-bond acceptors (Lipinski definition) is 3. The molecule has 0 saturated heterocycles. The molecular formula is C18H15F2N3O2. The van der Waals surface area contributed by atoms with Crippen molar-refractivity contribution in [2.45, 2.75) is 18.9 Å². The SMILES string of the molecule is N#Cc1ccccc1C[C@H](NC(=O)Cc1ccc(F)cc1F)C(N)=O. The molecule has 0 bridgehead atoms. The van der Waals surface area contributed by atoms with E-state index in [2.05, 4.69) is 5.32 Å². The fourth-order valence-corrected chi connectivity index (χ4v) is 2.33. The molecule has 3 N–H and O–H groups in total. The van der Waals surface area contributed by atoms with Crippen molar-refractivity contribution in [1.82, 2.24) is 5.32 Å². The molecule has 0 spiro atoms. The fourth-order valence-electron chi connectivity index (χ4n) is 2.33. The summed E-state index contributed by atoms with van der Waals surface area (Å²) in [5.74, 6) is -3.00. The zero-order chi connectivity index (χ0) is 18.4. The van der Waals surface area contributed by atoms with Gasteiger partial charge in [-0.1, -0.05) is 24.3 Å². The smallest absolute Gasteiger partial charge is 0.240 e. The zero-order valence-electron chi connectivity index (χ0n) is 13.1. The van der Waals surface area contributed by atoms with Crippen LogP contribution in [0.3, 0.4) is 0 Å². The molecule has 1 atom stereocenters. The van der Waals surface area contributed by atoms with E-state index in [0.29, 0.717) is 17.2 Å². The molecule has 2 rings (SSSR count). The van der Waals surface area contributed by atoms with Gasteiger partial charge in [-0.2, -0.15) is 5.26 Å². The molecule has 0 saturated carbocycles. The van der Waals surface area contributed by atoms with Gasteiger partial charge in [0.15, 0.2) is 0 Å². The summed E-state index contributed by atoms with van der Waals surface area (Å²) < 4.78 is 26.5. The first-order valence-electron chi connectivity index (χ1n) is 7.41. The van der Waals surface area contributed by atoms with Crippen LogP contribution in [-0.2, 0) is 22.4 Å². The van der Waals surface area contributed by atoms with Gasteiger partial charge in [-0.25, -0.2) is 8.78 Å². The summed E-state index contributed by atoms with van der Waals surface area (Å²) in [6.07, 6.45) is -0.327. The highest BCUT2D eigenvalue weighted by Gasteiger charge is 2.20. The maximum Gasteiger partial charge on any atom is 0.240 e. The van der Waals surface area contributed by atoms with Gasteiger partial charge in [-0.15, -0.1) is 0 Å². The standard InChI is InChI=1S/C18H15F2N3O2/c19-14-6-5-12(15(20)9-14)8-17(24)23-16(18(22)25)7-11-3-1-2-4-13(11)10-21/h1-6,9,16H,7-8H2,(H2,22,25)(H,23,24)/t16-/m0/s1. The summed E-state index contributed by atoms with van der Waals surface area (Å²) in [6.45, 7) is 0. The number of hydrogen-bond donors (Lipinski definition) is 2. The number of carbonyl (C=O) groups is 2. The maximum atomic E-state index is 13.6. The summed E-state index contributed by atoms with van der Waals surface area (Å²) in [5, 5.41) is 11.5. The van der Waals surface area contributed by atoms with Gasteiger partial charge in [0, 0.05) is 12.5 Å². The van der Waals surface area contributed by atoms with Crippen molar-refractivity contribution >= 4 is 11.8 Å². The van der Waals surface area contributed by atoms with E-state index in [4.69, 9.17) is 11.0 Å². The van der Waals surface area contributed by atoms with Crippen molar-refractivity contribution < 1.29 is 18.4 Å². The molecule has 2 aromatic carbocycles. The van der Waals surface area contributed by atoms with Crippen molar-refractivity contribution in [2.24, 2.45) is 5.73 Å². The molecule has 0 unspecified atom stereocenters. The van der Waals surface area contributed by atoms with E-state index in [1.165, 1.54) is 0 Å². The lowest BCUT2D eigenvalue weighted by Crippen LogP contribution is -2.46. The Morgan fingerprint density at radius 3 is 2.52 bits per heavy atom. The Balaban J connectivity index is 2.09. The summed E-state index contributed by atoms with van der Waals surface area (Å²) in [7, 11) is 0. The summed E-state index contributed by atoms with van der Waals surface area (Å²) >= 11 is 0. The first-order valence-corrected chi connectivity index (χ1v) is 7.41. The van der Waals surface area contributed by atoms with E-state index in [-0.39, 0.29) is 18.4 Å². The highest BCUT2D eigenvalue weighted by molar-refractivity contribution is 5.87. The fraction of sp³-hybridized carbons (Fsp3) is 0.167. The minimum Gasteiger partial charge on any atom is -0.368 e. The van der Waals surface area contributed by atoms with E-state index in [1.807, 2.05) is 6.07 Å². The van der Waals surface area contributed by atoms with Gasteiger partial charge in [0.25, 0.3) is 0 Å². The number of primary amides is 1. The van der Waals surface area contributed by atoms with Crippen LogP contribution in [0.5, 0.6) is 0 Å². The van der Waals surface area contributed by atoms with Crippen LogP contribution in [0.25, 0.3) is 0 Å². The topological polar surface area (TPSA) is 96.0 Å². The van der Waals surface area contributed by atoms with Crippen molar-refractivity contribution in [3.63, 3.8) is 0 Å². The second kappa shape index (κ2) is 8.02. The average Bonchev–Trinajstić information content (AvgIpc) is 2.57. The molecule has 5 nitrogen and oxygen atoms in total. The maximum absolute atomic E-state index is 13.6. The van der Waals surface area contributed by atoms with Crippen LogP contribution in [0.15, 0.2) is 42.5 Å². The number of rotatable bonds is 6. The van der Waals surface area contributed by atoms with E-state index in [1.54, 1.807) is 24.3 Å². The lowest BCUT2D eigenvalue weighted by Gasteiger charge is -2.16. The van der Waals surface area contributed by atoms with Gasteiger partial charge in [0.05, 0.1) is 18.1 Å². The van der Waals surface area contributed by atoms with Crippen LogP contribution in [0.4, 0.5) is 8.78 Å². The predicted molar refractivity (Wildman–Crippen MR) is 86.0 cm³/mol. The molecule has 0 aliphatic rings. The molecule has 0 fully saturated rings. The molecule has 128 valence electrons. The average molecular weight is 343 g/mol. The third-order valence-corrected chi connectivity index (χ3v) is 3.61. The number of nitrogens with zero attached hydrogens (tertiary/aromatic N) is 1. The number of nitrogens with one attached hydrogen (secondary N) is 1. The van der Waals surface area contributed by atoms with Crippen molar-refractivity contribution in [3.05, 3.63) is 70.8 Å². The molecule has 25 heavy (non-hydrogen) atoms. The van der Waals surface area contributed by atoms with Crippen molar-refractivity contribution in [1.29, 1.82) is 5.26 Å². The molecule has 0 heterocycles. The Morgan fingerprint density at radius 2 is 1.88 bits per heavy atom. The second-order valence-electron chi connectivity index (χ2n) is 5.41. The van der Waals surface area contributed by atoms with Crippen LogP contribution in [0.2, 0.25) is 0 Å². The molecule has 0 aliphatic carbocycles. The second-order valence-corrected chi connectivity index (χ2v) is 5.41. The first-order chi connectivity index (χ1) is 11.9. The van der Waals surface area contributed by atoms with Crippen LogP contribution < -0.4 is 11.1 Å². The number of amides is 2. The van der Waals surface area contributed by atoms with E-state index in [9.17, 15) is 18.4 Å². The molecule has 0 aromatic heterocycles. The Labute approximate surface area is 143 Å². The third-order valence-electron chi connectivity index (χ3n) is 3.61. The van der Waals surface area contributed by atoms with Crippen LogP contribution in [0.1, 0.15) is 16.7 Å². The van der Waals surface area contributed by atoms with Crippen LogP contribution in [0, 0.1) is 23.0 Å². The minimum absolute atomic E-state index is 0.000421. The Kier molecular flexibility index (Phi) is 5.79. The van der Waals surface area contributed by atoms with Crippen molar-refractivity contribution in [3.8, 4) is 6.07 Å². The largest absolute Gasteiger partial charge is 0.368 e. The minimum atomic E-state index is -1.05. The monoisotopic (exact) mass is 343 g/mol. The molecule has 7 heteroatoms.